The fourth-order valence-electron chi connectivity index (χ4n) is 9.82. The number of para-hydroxylation sites is 5. The van der Waals surface area contributed by atoms with E-state index in [-0.39, 0.29) is 0 Å². The smallest absolute Gasteiger partial charge is 0.168 e. The van der Waals surface area contributed by atoms with Gasteiger partial charge in [0.25, 0.3) is 0 Å². The number of nitrogens with zero attached hydrogens (tertiary/aromatic N) is 5. The van der Waals surface area contributed by atoms with Crippen LogP contribution >= 0.6 is 0 Å². The second-order valence-corrected chi connectivity index (χ2v) is 15.8. The molecule has 4 heterocycles. The van der Waals surface area contributed by atoms with Crippen LogP contribution in [0.4, 0.5) is 0 Å². The number of aromatic nitrogens is 5. The minimum atomic E-state index is 0.786. The molecule has 0 spiro atoms. The molecule has 0 fully saturated rings. The molecular formula is C56H35N5O. The molecule has 13 aromatic rings. The topological polar surface area (TPSA) is 53.7 Å². The third-order valence-electron chi connectivity index (χ3n) is 12.4. The van der Waals surface area contributed by atoms with Crippen LogP contribution in [-0.2, 0) is 0 Å². The Balaban J connectivity index is 1.09. The normalized spacial score (nSPS) is 11.9. The standard InChI is InChI=1S/C56H35N5O/c1-3-18-36(19-4-1)55-57-58-56(37-20-5-2-6-21-37)61(55)49-32-17-31-48-52(49)42-25-10-15-30-47(42)59(48)44-27-12-7-22-38(44)39-23-8-13-28-45(39)60-46-29-14-9-24-40(46)41-34-35-51-53(54(41)60)43-26-11-16-33-50(43)62-51/h1-35H. The van der Waals surface area contributed by atoms with Crippen LogP contribution in [-0.4, -0.2) is 23.9 Å². The van der Waals surface area contributed by atoms with Crippen LogP contribution in [0.2, 0.25) is 0 Å². The fraction of sp³-hybridized carbons (Fsp3) is 0. The number of rotatable bonds is 6. The van der Waals surface area contributed by atoms with Crippen LogP contribution in [0.5, 0.6) is 0 Å². The number of hydrogen-bond donors (Lipinski definition) is 0. The van der Waals surface area contributed by atoms with Crippen LogP contribution < -0.4 is 0 Å². The van der Waals surface area contributed by atoms with Crippen molar-refractivity contribution in [2.24, 2.45) is 0 Å². The lowest BCUT2D eigenvalue weighted by molar-refractivity contribution is 0.669. The summed E-state index contributed by atoms with van der Waals surface area (Å²) in [5.41, 5.74) is 13.7. The molecule has 0 saturated carbocycles. The first kappa shape index (κ1) is 34.4. The largest absolute Gasteiger partial charge is 0.456 e. The average molecular weight is 794 g/mol. The lowest BCUT2D eigenvalue weighted by Gasteiger charge is -2.19. The predicted octanol–water partition coefficient (Wildman–Crippen LogP) is 14.4. The van der Waals surface area contributed by atoms with Gasteiger partial charge in [0, 0.05) is 49.2 Å². The molecule has 9 aromatic carbocycles. The Labute approximate surface area is 355 Å². The number of benzene rings is 9. The Morgan fingerprint density at radius 2 is 0.823 bits per heavy atom. The molecule has 6 heteroatoms. The first-order valence-corrected chi connectivity index (χ1v) is 20.9. The van der Waals surface area contributed by atoms with Gasteiger partial charge in [0.05, 0.1) is 44.5 Å². The first-order chi connectivity index (χ1) is 30.8. The highest BCUT2D eigenvalue weighted by Crippen LogP contribution is 2.45. The van der Waals surface area contributed by atoms with Crippen molar-refractivity contribution in [3.63, 3.8) is 0 Å². The molecule has 62 heavy (non-hydrogen) atoms. The average Bonchev–Trinajstić information content (AvgIpc) is 4.12. The van der Waals surface area contributed by atoms with Gasteiger partial charge in [-0.15, -0.1) is 10.2 Å². The summed E-state index contributed by atoms with van der Waals surface area (Å²) in [7, 11) is 0. The Morgan fingerprint density at radius 3 is 1.52 bits per heavy atom. The molecule has 0 aliphatic carbocycles. The number of fused-ring (bicyclic) bond motifs is 10. The Bertz CT molecular complexity index is 3810. The maximum absolute atomic E-state index is 6.49. The van der Waals surface area contributed by atoms with Crippen LogP contribution in [0.3, 0.4) is 0 Å². The summed E-state index contributed by atoms with van der Waals surface area (Å²) in [6.07, 6.45) is 0. The summed E-state index contributed by atoms with van der Waals surface area (Å²) in [5.74, 6) is 1.57. The van der Waals surface area contributed by atoms with E-state index < -0.39 is 0 Å². The molecule has 0 radical (unpaired) electrons. The highest BCUT2D eigenvalue weighted by atomic mass is 16.3. The first-order valence-electron chi connectivity index (χ1n) is 20.9. The van der Waals surface area contributed by atoms with E-state index in [1.807, 2.05) is 18.2 Å². The Morgan fingerprint density at radius 1 is 0.306 bits per heavy atom. The molecule has 0 atom stereocenters. The van der Waals surface area contributed by atoms with Crippen LogP contribution in [0.15, 0.2) is 217 Å². The van der Waals surface area contributed by atoms with Gasteiger partial charge < -0.3 is 13.6 Å². The van der Waals surface area contributed by atoms with Crippen molar-refractivity contribution in [3.05, 3.63) is 212 Å². The zero-order chi connectivity index (χ0) is 40.7. The third kappa shape index (κ3) is 4.98. The summed E-state index contributed by atoms with van der Waals surface area (Å²) in [6, 6.07) is 75.1. The summed E-state index contributed by atoms with van der Waals surface area (Å²) in [4.78, 5) is 0. The van der Waals surface area contributed by atoms with E-state index in [9.17, 15) is 0 Å². The Hall–Kier alpha value is -8.48. The van der Waals surface area contributed by atoms with Gasteiger partial charge in [-0.05, 0) is 54.6 Å². The minimum Gasteiger partial charge on any atom is -0.456 e. The molecule has 0 aliphatic heterocycles. The quantitative estimate of drug-likeness (QED) is 0.168. The maximum Gasteiger partial charge on any atom is 0.168 e. The molecule has 4 aromatic heterocycles. The summed E-state index contributed by atoms with van der Waals surface area (Å²) in [6.45, 7) is 0. The lowest BCUT2D eigenvalue weighted by Crippen LogP contribution is -2.02. The lowest BCUT2D eigenvalue weighted by atomic mass is 10.0. The highest BCUT2D eigenvalue weighted by Gasteiger charge is 2.25. The molecule has 13 rings (SSSR count). The van der Waals surface area contributed by atoms with Gasteiger partial charge in [0.15, 0.2) is 11.6 Å². The van der Waals surface area contributed by atoms with Crippen molar-refractivity contribution in [2.75, 3.05) is 0 Å². The van der Waals surface area contributed by atoms with Gasteiger partial charge >= 0.3 is 0 Å². The molecule has 0 bridgehead atoms. The molecule has 0 unspecified atom stereocenters. The third-order valence-corrected chi connectivity index (χ3v) is 12.4. The molecule has 0 N–H and O–H groups in total. The monoisotopic (exact) mass is 793 g/mol. The van der Waals surface area contributed by atoms with E-state index >= 15 is 0 Å². The van der Waals surface area contributed by atoms with Gasteiger partial charge in [-0.3, -0.25) is 4.57 Å². The van der Waals surface area contributed by atoms with Crippen LogP contribution in [0.1, 0.15) is 0 Å². The van der Waals surface area contributed by atoms with E-state index in [1.54, 1.807) is 0 Å². The number of hydrogen-bond acceptors (Lipinski definition) is 3. The van der Waals surface area contributed by atoms with Gasteiger partial charge in [-0.25, -0.2) is 0 Å². The fourth-order valence-corrected chi connectivity index (χ4v) is 9.82. The summed E-state index contributed by atoms with van der Waals surface area (Å²) < 4.78 is 13.6. The van der Waals surface area contributed by atoms with E-state index in [4.69, 9.17) is 14.6 Å². The summed E-state index contributed by atoms with van der Waals surface area (Å²) in [5, 5.41) is 16.6. The minimum absolute atomic E-state index is 0.786. The van der Waals surface area contributed by atoms with Crippen molar-refractivity contribution in [3.8, 4) is 51.0 Å². The summed E-state index contributed by atoms with van der Waals surface area (Å²) >= 11 is 0. The second kappa shape index (κ2) is 13.5. The zero-order valence-electron chi connectivity index (χ0n) is 33.4. The van der Waals surface area contributed by atoms with Crippen molar-refractivity contribution in [2.45, 2.75) is 0 Å². The van der Waals surface area contributed by atoms with Gasteiger partial charge in [0.1, 0.15) is 11.2 Å². The maximum atomic E-state index is 6.49. The number of furan rings is 1. The molecule has 0 amide bonds. The molecular weight excluding hydrogens is 759 g/mol. The van der Waals surface area contributed by atoms with E-state index in [0.29, 0.717) is 0 Å². The van der Waals surface area contributed by atoms with Crippen molar-refractivity contribution < 1.29 is 4.42 Å². The molecule has 0 aliphatic rings. The van der Waals surface area contributed by atoms with Crippen molar-refractivity contribution in [1.82, 2.24) is 23.9 Å². The Kier molecular flexibility index (Phi) is 7.50. The molecule has 0 saturated heterocycles. The zero-order valence-corrected chi connectivity index (χ0v) is 33.4. The van der Waals surface area contributed by atoms with Gasteiger partial charge in [-0.1, -0.05) is 158 Å². The SMILES string of the molecule is c1ccc(-c2nnc(-c3ccccc3)n2-c2cccc3c2c2ccccc2n3-c2ccccc2-c2ccccc2-n2c3ccccc3c3ccc4oc5ccccc5c4c32)cc1. The van der Waals surface area contributed by atoms with Crippen molar-refractivity contribution in [1.29, 1.82) is 0 Å². The van der Waals surface area contributed by atoms with E-state index in [0.717, 1.165) is 106 Å². The van der Waals surface area contributed by atoms with Crippen molar-refractivity contribution >= 4 is 65.6 Å². The molecule has 290 valence electrons. The van der Waals surface area contributed by atoms with Gasteiger partial charge in [0.2, 0.25) is 0 Å². The molecule has 6 nitrogen and oxygen atoms in total. The van der Waals surface area contributed by atoms with Crippen LogP contribution in [0, 0.1) is 0 Å². The van der Waals surface area contributed by atoms with E-state index in [1.165, 1.54) is 10.8 Å². The van der Waals surface area contributed by atoms with Crippen LogP contribution in [0.25, 0.3) is 117 Å². The van der Waals surface area contributed by atoms with Gasteiger partial charge in [-0.2, -0.15) is 0 Å². The van der Waals surface area contributed by atoms with E-state index in [2.05, 4.69) is 208 Å². The highest BCUT2D eigenvalue weighted by molar-refractivity contribution is 6.24. The predicted molar refractivity (Wildman–Crippen MR) is 254 cm³/mol. The second-order valence-electron chi connectivity index (χ2n) is 15.8.